The summed E-state index contributed by atoms with van der Waals surface area (Å²) in [6.07, 6.45) is 0.216. The van der Waals surface area contributed by atoms with Gasteiger partial charge in [0.1, 0.15) is 5.69 Å². The first-order valence-electron chi connectivity index (χ1n) is 10.0. The van der Waals surface area contributed by atoms with Crippen LogP contribution in [0.4, 0.5) is 23.8 Å². The van der Waals surface area contributed by atoms with E-state index < -0.39 is 11.7 Å². The number of halogens is 3. The summed E-state index contributed by atoms with van der Waals surface area (Å²) < 4.78 is 38.7. The first-order chi connectivity index (χ1) is 15.8. The van der Waals surface area contributed by atoms with E-state index in [0.29, 0.717) is 42.6 Å². The molecule has 1 N–H and O–H groups in total. The number of piperazine rings is 1. The number of alkyl halides is 3. The van der Waals surface area contributed by atoms with Crippen LogP contribution in [0.25, 0.3) is 0 Å². The van der Waals surface area contributed by atoms with E-state index in [1.165, 1.54) is 36.0 Å². The van der Waals surface area contributed by atoms with Crippen molar-refractivity contribution in [3.05, 3.63) is 70.1 Å². The lowest BCUT2D eigenvalue weighted by Gasteiger charge is -2.34. The summed E-state index contributed by atoms with van der Waals surface area (Å²) >= 11 is 1.23. The van der Waals surface area contributed by atoms with Gasteiger partial charge in [-0.3, -0.25) is 15.1 Å². The number of hydrogen-bond acceptors (Lipinski definition) is 6. The number of carbonyl (C=O) groups excluding carboxylic acids is 2. The van der Waals surface area contributed by atoms with E-state index >= 15 is 0 Å². The number of hydrogen-bond donors (Lipinski definition) is 1. The first-order valence-corrected chi connectivity index (χ1v) is 10.9. The van der Waals surface area contributed by atoms with Gasteiger partial charge in [0.05, 0.1) is 16.8 Å². The number of rotatable bonds is 4. The second-order valence-electron chi connectivity index (χ2n) is 7.30. The average Bonchev–Trinajstić information content (AvgIpc) is 3.27. The van der Waals surface area contributed by atoms with E-state index in [4.69, 9.17) is 0 Å². The molecule has 0 bridgehead atoms. The van der Waals surface area contributed by atoms with E-state index in [1.807, 2.05) is 0 Å². The smallest absolute Gasteiger partial charge is 0.334 e. The van der Waals surface area contributed by atoms with Crippen LogP contribution in [0.15, 0.2) is 48.2 Å². The second-order valence-corrected chi connectivity index (χ2v) is 8.24. The van der Waals surface area contributed by atoms with Crippen LogP contribution in [-0.2, 0) is 12.6 Å². The molecule has 0 atom stereocenters. The molecule has 3 heterocycles. The summed E-state index contributed by atoms with van der Waals surface area (Å²) in [5.74, 6) is 0.0762. The highest BCUT2D eigenvalue weighted by molar-refractivity contribution is 7.09. The van der Waals surface area contributed by atoms with Gasteiger partial charge < -0.3 is 9.80 Å². The highest BCUT2D eigenvalue weighted by Crippen LogP contribution is 2.30. The molecule has 1 fully saturated rings. The molecule has 0 unspecified atom stereocenters. The number of benzene rings is 1. The van der Waals surface area contributed by atoms with Gasteiger partial charge in [-0.25, -0.2) is 14.8 Å². The SMILES string of the molecule is O=C(Nc1cnccn1)N1CCN(C(=O)c2csc(Cc3cccc(C(F)(F)F)c3)n2)CC1. The van der Waals surface area contributed by atoms with Crippen molar-refractivity contribution >= 4 is 29.1 Å². The minimum absolute atomic E-state index is 0.207. The van der Waals surface area contributed by atoms with Gasteiger partial charge in [-0.2, -0.15) is 13.2 Å². The van der Waals surface area contributed by atoms with Crippen molar-refractivity contribution in [3.63, 3.8) is 0 Å². The van der Waals surface area contributed by atoms with Gasteiger partial charge in [0, 0.05) is 50.4 Å². The predicted molar refractivity (Wildman–Crippen MR) is 115 cm³/mol. The molecule has 4 rings (SSSR count). The summed E-state index contributed by atoms with van der Waals surface area (Å²) in [4.78, 5) is 40.5. The van der Waals surface area contributed by atoms with Crippen LogP contribution in [0, 0.1) is 0 Å². The topological polar surface area (TPSA) is 91.3 Å². The Hall–Kier alpha value is -3.54. The number of nitrogens with one attached hydrogen (secondary N) is 1. The van der Waals surface area contributed by atoms with Crippen molar-refractivity contribution < 1.29 is 22.8 Å². The molecule has 0 aliphatic carbocycles. The van der Waals surface area contributed by atoms with Gasteiger partial charge in [-0.05, 0) is 11.6 Å². The van der Waals surface area contributed by atoms with E-state index in [1.54, 1.807) is 21.2 Å². The Balaban J connectivity index is 1.32. The molecule has 0 saturated carbocycles. The molecule has 3 aromatic rings. The first kappa shape index (κ1) is 22.6. The van der Waals surface area contributed by atoms with Crippen LogP contribution in [0.2, 0.25) is 0 Å². The van der Waals surface area contributed by atoms with Crippen LogP contribution >= 0.6 is 11.3 Å². The molecule has 2 aromatic heterocycles. The van der Waals surface area contributed by atoms with Crippen molar-refractivity contribution in [3.8, 4) is 0 Å². The van der Waals surface area contributed by atoms with Gasteiger partial charge in [0.2, 0.25) is 0 Å². The van der Waals surface area contributed by atoms with Crippen LogP contribution < -0.4 is 5.32 Å². The maximum absolute atomic E-state index is 12.9. The molecular formula is C21H19F3N6O2S. The third-order valence-electron chi connectivity index (χ3n) is 5.03. The number of nitrogens with zero attached hydrogens (tertiary/aromatic N) is 5. The third-order valence-corrected chi connectivity index (χ3v) is 5.88. The number of thiazole rings is 1. The highest BCUT2D eigenvalue weighted by Gasteiger charge is 2.30. The zero-order valence-corrected chi connectivity index (χ0v) is 18.1. The molecule has 33 heavy (non-hydrogen) atoms. The standard InChI is InChI=1S/C21H19F3N6O2S/c22-21(23,24)15-3-1-2-14(10-15)11-18-27-16(13-33-18)19(31)29-6-8-30(9-7-29)20(32)28-17-12-25-4-5-26-17/h1-5,10,12-13H,6-9,11H2,(H,26,28,32). The Bertz CT molecular complexity index is 1130. The summed E-state index contributed by atoms with van der Waals surface area (Å²) in [5, 5.41) is 4.82. The Kier molecular flexibility index (Phi) is 6.54. The van der Waals surface area contributed by atoms with Crippen molar-refractivity contribution in [2.45, 2.75) is 12.6 Å². The van der Waals surface area contributed by atoms with Crippen LogP contribution in [0.3, 0.4) is 0 Å². The number of anilines is 1. The molecule has 1 aromatic carbocycles. The molecular weight excluding hydrogens is 457 g/mol. The molecule has 172 valence electrons. The minimum atomic E-state index is -4.41. The second kappa shape index (κ2) is 9.53. The summed E-state index contributed by atoms with van der Waals surface area (Å²) in [5.41, 5.74) is 0.00872. The van der Waals surface area contributed by atoms with Gasteiger partial charge in [-0.15, -0.1) is 11.3 Å². The summed E-state index contributed by atoms with van der Waals surface area (Å²) in [7, 11) is 0. The van der Waals surface area contributed by atoms with E-state index in [-0.39, 0.29) is 24.1 Å². The lowest BCUT2D eigenvalue weighted by molar-refractivity contribution is -0.137. The maximum Gasteiger partial charge on any atom is 0.416 e. The number of urea groups is 1. The number of amides is 3. The third kappa shape index (κ3) is 5.64. The Morgan fingerprint density at radius 1 is 1.09 bits per heavy atom. The molecule has 0 radical (unpaired) electrons. The molecule has 1 aliphatic heterocycles. The van der Waals surface area contributed by atoms with Crippen molar-refractivity contribution in [2.24, 2.45) is 0 Å². The quantitative estimate of drug-likeness (QED) is 0.622. The fourth-order valence-corrected chi connectivity index (χ4v) is 4.15. The molecule has 3 amide bonds. The molecule has 1 aliphatic rings. The Morgan fingerprint density at radius 3 is 2.55 bits per heavy atom. The molecule has 1 saturated heterocycles. The van der Waals surface area contributed by atoms with Crippen LogP contribution in [0.5, 0.6) is 0 Å². The van der Waals surface area contributed by atoms with Gasteiger partial charge >= 0.3 is 12.2 Å². The van der Waals surface area contributed by atoms with Crippen LogP contribution in [0.1, 0.15) is 26.6 Å². The largest absolute Gasteiger partial charge is 0.416 e. The minimum Gasteiger partial charge on any atom is -0.334 e. The van der Waals surface area contributed by atoms with E-state index in [9.17, 15) is 22.8 Å². The Morgan fingerprint density at radius 2 is 1.85 bits per heavy atom. The van der Waals surface area contributed by atoms with Gasteiger partial charge in [0.25, 0.3) is 5.91 Å². The van der Waals surface area contributed by atoms with Gasteiger partial charge in [-0.1, -0.05) is 18.2 Å². The van der Waals surface area contributed by atoms with E-state index in [0.717, 1.165) is 12.1 Å². The summed E-state index contributed by atoms with van der Waals surface area (Å²) in [6.45, 7) is 1.37. The van der Waals surface area contributed by atoms with Crippen molar-refractivity contribution in [1.82, 2.24) is 24.8 Å². The zero-order valence-electron chi connectivity index (χ0n) is 17.2. The fraction of sp³-hybridized carbons (Fsp3) is 0.286. The fourth-order valence-electron chi connectivity index (χ4n) is 3.35. The van der Waals surface area contributed by atoms with Crippen LogP contribution in [-0.4, -0.2) is 62.9 Å². The van der Waals surface area contributed by atoms with Gasteiger partial charge in [0.15, 0.2) is 5.82 Å². The molecule has 12 heteroatoms. The number of aromatic nitrogens is 3. The highest BCUT2D eigenvalue weighted by atomic mass is 32.1. The zero-order chi connectivity index (χ0) is 23.4. The lowest BCUT2D eigenvalue weighted by atomic mass is 10.1. The predicted octanol–water partition coefficient (Wildman–Crippen LogP) is 3.53. The average molecular weight is 476 g/mol. The number of carbonyl (C=O) groups is 2. The van der Waals surface area contributed by atoms with E-state index in [2.05, 4.69) is 20.3 Å². The maximum atomic E-state index is 12.9. The Labute approximate surface area is 191 Å². The van der Waals surface area contributed by atoms with Crippen molar-refractivity contribution in [2.75, 3.05) is 31.5 Å². The molecule has 0 spiro atoms. The monoisotopic (exact) mass is 476 g/mol. The normalized spacial score (nSPS) is 14.3. The molecule has 8 nitrogen and oxygen atoms in total. The van der Waals surface area contributed by atoms with Crippen molar-refractivity contribution in [1.29, 1.82) is 0 Å². The summed E-state index contributed by atoms with van der Waals surface area (Å²) in [6, 6.07) is 4.75. The lowest BCUT2D eigenvalue weighted by Crippen LogP contribution is -2.51.